The first-order valence-electron chi connectivity index (χ1n) is 9.11. The Morgan fingerprint density at radius 3 is 2.73 bits per heavy atom. The highest BCUT2D eigenvalue weighted by atomic mass is 14.6. The van der Waals surface area contributed by atoms with Gasteiger partial charge in [0.05, 0.1) is 11.5 Å². The molecule has 0 heterocycles. The highest BCUT2D eigenvalue weighted by molar-refractivity contribution is 5.22. The van der Waals surface area contributed by atoms with Gasteiger partial charge in [-0.15, -0.1) is 0 Å². The molecule has 1 nitrogen and oxygen atoms in total. The lowest BCUT2D eigenvalue weighted by Gasteiger charge is -2.58. The zero-order valence-corrected chi connectivity index (χ0v) is 14.7. The molecule has 22 heavy (non-hydrogen) atoms. The van der Waals surface area contributed by atoms with Crippen LogP contribution in [0.25, 0.3) is 0 Å². The van der Waals surface area contributed by atoms with Gasteiger partial charge in [-0.05, 0) is 88.4 Å². The van der Waals surface area contributed by atoms with Crippen molar-refractivity contribution in [1.82, 2.24) is 0 Å². The van der Waals surface area contributed by atoms with Crippen LogP contribution in [-0.2, 0) is 0 Å². The fourth-order valence-electron chi connectivity index (χ4n) is 6.12. The third-order valence-corrected chi connectivity index (χ3v) is 7.08. The molecule has 1 heteroatoms. The fraction of sp³-hybridized carbons (Fsp3) is 0.762. The number of hydrogen-bond donors (Lipinski definition) is 0. The number of nitrogens with zero attached hydrogens (tertiary/aromatic N) is 1. The maximum absolute atomic E-state index is 9.81. The summed E-state index contributed by atoms with van der Waals surface area (Å²) in [5, 5.41) is 9.81. The molecule has 0 N–H and O–H groups in total. The van der Waals surface area contributed by atoms with Crippen molar-refractivity contribution in [2.75, 3.05) is 0 Å². The maximum atomic E-state index is 9.81. The molecule has 3 rings (SSSR count). The predicted molar refractivity (Wildman–Crippen MR) is 92.0 cm³/mol. The molecule has 0 saturated heterocycles. The smallest absolute Gasteiger partial charge is 0.0689 e. The Bertz CT molecular complexity index is 533. The van der Waals surface area contributed by atoms with E-state index in [1.165, 1.54) is 30.4 Å². The zero-order valence-electron chi connectivity index (χ0n) is 14.7. The van der Waals surface area contributed by atoms with Gasteiger partial charge in [-0.3, -0.25) is 0 Å². The lowest BCUT2D eigenvalue weighted by Crippen LogP contribution is -2.53. The topological polar surface area (TPSA) is 23.8 Å². The third-order valence-electron chi connectivity index (χ3n) is 7.08. The Labute approximate surface area is 136 Å². The summed E-state index contributed by atoms with van der Waals surface area (Å²) in [7, 11) is 0. The molecule has 3 aliphatic rings. The van der Waals surface area contributed by atoms with Gasteiger partial charge in [0.2, 0.25) is 0 Å². The van der Waals surface area contributed by atoms with Crippen LogP contribution in [0.15, 0.2) is 23.8 Å². The van der Waals surface area contributed by atoms with Crippen molar-refractivity contribution in [2.45, 2.75) is 59.8 Å². The van der Waals surface area contributed by atoms with Crippen molar-refractivity contribution in [3.05, 3.63) is 23.8 Å². The SMILES string of the molecule is C=C1CC[C@H]2[C@H]3[C@H](CC[C@]2(C)C#N)[C@@H](C)C[C@H](C=C(C)C)[C@H]13. The van der Waals surface area contributed by atoms with Crippen molar-refractivity contribution < 1.29 is 0 Å². The summed E-state index contributed by atoms with van der Waals surface area (Å²) in [5.74, 6) is 4.17. The average Bonchev–Trinajstić information content (AvgIpc) is 2.45. The van der Waals surface area contributed by atoms with Crippen molar-refractivity contribution in [3.63, 3.8) is 0 Å². The molecule has 120 valence electrons. The van der Waals surface area contributed by atoms with Crippen LogP contribution in [0.1, 0.15) is 59.8 Å². The molecule has 0 spiro atoms. The van der Waals surface area contributed by atoms with Gasteiger partial charge in [0.1, 0.15) is 0 Å². The Morgan fingerprint density at radius 1 is 1.36 bits per heavy atom. The predicted octanol–water partition coefficient (Wildman–Crippen LogP) is 5.75. The average molecular weight is 297 g/mol. The minimum absolute atomic E-state index is 0.104. The summed E-state index contributed by atoms with van der Waals surface area (Å²) in [6.07, 6.45) is 8.49. The third kappa shape index (κ3) is 2.36. The first-order valence-corrected chi connectivity index (χ1v) is 9.11. The number of allylic oxidation sites excluding steroid dienone is 3. The quantitative estimate of drug-likeness (QED) is 0.565. The van der Waals surface area contributed by atoms with Crippen LogP contribution in [0.5, 0.6) is 0 Å². The second-order valence-corrected chi connectivity index (χ2v) is 8.76. The van der Waals surface area contributed by atoms with Crippen molar-refractivity contribution in [2.24, 2.45) is 40.9 Å². The Balaban J connectivity index is 2.02. The fourth-order valence-corrected chi connectivity index (χ4v) is 6.12. The van der Waals surface area contributed by atoms with Gasteiger partial charge in [-0.1, -0.05) is 30.7 Å². The second kappa shape index (κ2) is 5.55. The number of rotatable bonds is 1. The van der Waals surface area contributed by atoms with E-state index in [1.807, 2.05) is 0 Å². The first-order chi connectivity index (χ1) is 10.4. The van der Waals surface area contributed by atoms with E-state index in [9.17, 15) is 5.26 Å². The monoisotopic (exact) mass is 297 g/mol. The summed E-state index contributed by atoms with van der Waals surface area (Å²) in [5.41, 5.74) is 2.81. The second-order valence-electron chi connectivity index (χ2n) is 8.76. The van der Waals surface area contributed by atoms with E-state index in [1.54, 1.807) is 0 Å². The van der Waals surface area contributed by atoms with Gasteiger partial charge in [-0.2, -0.15) is 5.26 Å². The molecule has 3 aliphatic carbocycles. The first kappa shape index (κ1) is 15.9. The van der Waals surface area contributed by atoms with E-state index in [-0.39, 0.29) is 5.41 Å². The van der Waals surface area contributed by atoms with Crippen molar-refractivity contribution >= 4 is 0 Å². The standard InChI is InChI=1S/C21H31N/c1-13(2)10-16-11-15(4)17-8-9-21(5,12-22)18-7-6-14(3)19(16)20(17)18/h10,15-20H,3,6-9,11H2,1-2,4-5H3/t15-,16-,17+,18-,19-,20+,21+/m0/s1. The molecule has 0 aromatic carbocycles. The molecule has 0 radical (unpaired) electrons. The molecule has 0 aliphatic heterocycles. The molecular weight excluding hydrogens is 266 g/mol. The van der Waals surface area contributed by atoms with Crippen LogP contribution in [0.2, 0.25) is 0 Å². The summed E-state index contributed by atoms with van der Waals surface area (Å²) < 4.78 is 0. The number of hydrogen-bond acceptors (Lipinski definition) is 1. The summed E-state index contributed by atoms with van der Waals surface area (Å²) in [4.78, 5) is 0. The van der Waals surface area contributed by atoms with Gasteiger partial charge in [-0.25, -0.2) is 0 Å². The minimum atomic E-state index is -0.104. The summed E-state index contributed by atoms with van der Waals surface area (Å²) in [6, 6.07) is 2.71. The normalized spacial score (nSPS) is 47.3. The van der Waals surface area contributed by atoms with E-state index in [4.69, 9.17) is 0 Å². The van der Waals surface area contributed by atoms with Crippen LogP contribution in [0, 0.1) is 52.3 Å². The van der Waals surface area contributed by atoms with E-state index >= 15 is 0 Å². The van der Waals surface area contributed by atoms with Crippen LogP contribution in [0.3, 0.4) is 0 Å². The Kier molecular flexibility index (Phi) is 4.00. The van der Waals surface area contributed by atoms with E-state index in [0.717, 1.165) is 24.7 Å². The lowest BCUT2D eigenvalue weighted by molar-refractivity contribution is -0.0609. The lowest BCUT2D eigenvalue weighted by atomic mass is 9.45. The largest absolute Gasteiger partial charge is 0.198 e. The molecular formula is C21H31N. The van der Waals surface area contributed by atoms with Crippen LogP contribution < -0.4 is 0 Å². The van der Waals surface area contributed by atoms with Crippen LogP contribution in [-0.4, -0.2) is 0 Å². The highest BCUT2D eigenvalue weighted by Gasteiger charge is 2.56. The highest BCUT2D eigenvalue weighted by Crippen LogP contribution is 2.62. The van der Waals surface area contributed by atoms with Gasteiger partial charge < -0.3 is 0 Å². The number of nitriles is 1. The molecule has 0 aromatic heterocycles. The van der Waals surface area contributed by atoms with Crippen molar-refractivity contribution in [1.29, 1.82) is 5.26 Å². The van der Waals surface area contributed by atoms with E-state index in [0.29, 0.717) is 23.7 Å². The molecule has 0 bridgehead atoms. The summed E-state index contributed by atoms with van der Waals surface area (Å²) >= 11 is 0. The van der Waals surface area contributed by atoms with E-state index in [2.05, 4.69) is 46.4 Å². The van der Waals surface area contributed by atoms with Crippen molar-refractivity contribution in [3.8, 4) is 6.07 Å². The molecule has 0 aromatic rings. The molecule has 0 unspecified atom stereocenters. The molecule has 0 amide bonds. The van der Waals surface area contributed by atoms with Gasteiger partial charge in [0, 0.05) is 0 Å². The Morgan fingerprint density at radius 2 is 2.09 bits per heavy atom. The summed E-state index contributed by atoms with van der Waals surface area (Å²) in [6.45, 7) is 13.6. The maximum Gasteiger partial charge on any atom is 0.0689 e. The van der Waals surface area contributed by atoms with Gasteiger partial charge >= 0.3 is 0 Å². The van der Waals surface area contributed by atoms with E-state index < -0.39 is 0 Å². The van der Waals surface area contributed by atoms with Gasteiger partial charge in [0.15, 0.2) is 0 Å². The minimum Gasteiger partial charge on any atom is -0.198 e. The molecule has 3 fully saturated rings. The zero-order chi connectivity index (χ0) is 16.1. The Hall–Kier alpha value is -1.03. The van der Waals surface area contributed by atoms with Crippen LogP contribution >= 0.6 is 0 Å². The molecule has 7 atom stereocenters. The molecule has 3 saturated carbocycles. The van der Waals surface area contributed by atoms with Gasteiger partial charge in [0.25, 0.3) is 0 Å². The van der Waals surface area contributed by atoms with Crippen LogP contribution in [0.4, 0.5) is 0 Å².